The smallest absolute Gasteiger partial charge is 0.410 e. The largest absolute Gasteiger partial charge is 0.480 e. The van der Waals surface area contributed by atoms with Crippen LogP contribution in [-0.2, 0) is 41.7 Å². The average molecular weight is 598 g/mol. The maximum atomic E-state index is 13.9. The summed E-state index contributed by atoms with van der Waals surface area (Å²) < 4.78 is 10.7. The van der Waals surface area contributed by atoms with Gasteiger partial charge >= 0.3 is 18.0 Å². The molecule has 0 aliphatic rings. The van der Waals surface area contributed by atoms with Crippen LogP contribution in [0.4, 0.5) is 4.79 Å². The summed E-state index contributed by atoms with van der Waals surface area (Å²) in [6, 6.07) is 14.3. The zero-order valence-corrected chi connectivity index (χ0v) is 25.9. The van der Waals surface area contributed by atoms with Crippen LogP contribution in [0.2, 0.25) is 0 Å². The van der Waals surface area contributed by atoms with Crippen LogP contribution in [0, 0.1) is 5.92 Å². The minimum Gasteiger partial charge on any atom is -0.480 e. The van der Waals surface area contributed by atoms with Crippen LogP contribution in [0.3, 0.4) is 0 Å². The van der Waals surface area contributed by atoms with E-state index in [-0.39, 0.29) is 13.0 Å². The molecule has 0 aliphatic heterocycles. The molecular weight excluding hydrogens is 554 g/mol. The predicted molar refractivity (Wildman–Crippen MR) is 160 cm³/mol. The van der Waals surface area contributed by atoms with Crippen molar-refractivity contribution in [2.45, 2.75) is 77.8 Å². The van der Waals surface area contributed by atoms with Crippen molar-refractivity contribution < 1.29 is 38.6 Å². The number of aliphatic carboxylic acids is 1. The molecule has 0 saturated heterocycles. The van der Waals surface area contributed by atoms with Gasteiger partial charge in [-0.25, -0.2) is 9.59 Å². The molecule has 0 saturated carbocycles. The maximum Gasteiger partial charge on any atom is 0.410 e. The summed E-state index contributed by atoms with van der Waals surface area (Å²) in [4.78, 5) is 67.1. The number of amides is 3. The third-order valence-electron chi connectivity index (χ3n) is 6.60. The molecule has 0 bridgehead atoms. The first kappa shape index (κ1) is 34.8. The molecule has 2 aromatic rings. The summed E-state index contributed by atoms with van der Waals surface area (Å²) in [5.74, 6) is -3.97. The number of carbonyl (C=O) groups is 5. The average Bonchev–Trinajstić information content (AvgIpc) is 2.93. The van der Waals surface area contributed by atoms with Gasteiger partial charge in [0.15, 0.2) is 0 Å². The van der Waals surface area contributed by atoms with E-state index in [1.54, 1.807) is 58.9 Å². The van der Waals surface area contributed by atoms with Gasteiger partial charge < -0.3 is 24.8 Å². The molecule has 0 radical (unpaired) electrons. The first-order valence-electron chi connectivity index (χ1n) is 14.1. The molecule has 0 spiro atoms. The highest BCUT2D eigenvalue weighted by molar-refractivity contribution is 5.94. The molecule has 11 nitrogen and oxygen atoms in total. The molecule has 2 aromatic carbocycles. The Morgan fingerprint density at radius 2 is 1.40 bits per heavy atom. The van der Waals surface area contributed by atoms with Crippen LogP contribution in [0.25, 0.3) is 0 Å². The van der Waals surface area contributed by atoms with Crippen LogP contribution in [0.15, 0.2) is 60.7 Å². The molecule has 2 N–H and O–H groups in total. The minimum atomic E-state index is -1.58. The lowest BCUT2D eigenvalue weighted by Gasteiger charge is -2.36. The van der Waals surface area contributed by atoms with Crippen molar-refractivity contribution in [3.8, 4) is 0 Å². The number of carboxylic acids is 1. The monoisotopic (exact) mass is 597 g/mol. The summed E-state index contributed by atoms with van der Waals surface area (Å²) in [7, 11) is 2.89. The normalized spacial score (nSPS) is 13.3. The fourth-order valence-corrected chi connectivity index (χ4v) is 4.41. The lowest BCUT2D eigenvalue weighted by atomic mass is 9.98. The number of hydrogen-bond donors (Lipinski definition) is 2. The van der Waals surface area contributed by atoms with Crippen molar-refractivity contribution in [2.75, 3.05) is 14.1 Å². The second-order valence-corrected chi connectivity index (χ2v) is 11.7. The van der Waals surface area contributed by atoms with Gasteiger partial charge in [-0.3, -0.25) is 19.3 Å². The van der Waals surface area contributed by atoms with Crippen molar-refractivity contribution in [1.29, 1.82) is 0 Å². The third kappa shape index (κ3) is 11.1. The number of nitrogens with one attached hydrogen (secondary N) is 1. The Morgan fingerprint density at radius 1 is 0.860 bits per heavy atom. The molecule has 3 atom stereocenters. The highest BCUT2D eigenvalue weighted by Crippen LogP contribution is 2.19. The van der Waals surface area contributed by atoms with E-state index in [4.69, 9.17) is 9.47 Å². The molecule has 0 unspecified atom stereocenters. The van der Waals surface area contributed by atoms with Crippen molar-refractivity contribution in [2.24, 2.45) is 5.92 Å². The van der Waals surface area contributed by atoms with Gasteiger partial charge in [-0.1, -0.05) is 74.5 Å². The minimum absolute atomic E-state index is 0.0419. The predicted octanol–water partition coefficient (Wildman–Crippen LogP) is 3.65. The van der Waals surface area contributed by atoms with Gasteiger partial charge in [-0.15, -0.1) is 0 Å². The summed E-state index contributed by atoms with van der Waals surface area (Å²) >= 11 is 0. The molecule has 11 heteroatoms. The maximum absolute atomic E-state index is 13.9. The molecule has 234 valence electrons. The number of nitrogens with zero attached hydrogens (tertiary/aromatic N) is 2. The van der Waals surface area contributed by atoms with Gasteiger partial charge in [0.1, 0.15) is 30.3 Å². The number of likely N-dealkylation sites (N-methyl/N-ethyl adjacent to an activating group) is 2. The quantitative estimate of drug-likeness (QED) is 0.333. The van der Waals surface area contributed by atoms with Crippen molar-refractivity contribution in [3.05, 3.63) is 71.8 Å². The summed E-state index contributed by atoms with van der Waals surface area (Å²) in [5, 5.41) is 12.1. The fraction of sp³-hybridized carbons (Fsp3) is 0.469. The Hall–Kier alpha value is -4.41. The summed E-state index contributed by atoms with van der Waals surface area (Å²) in [6.07, 6.45) is -1.16. The van der Waals surface area contributed by atoms with E-state index in [2.05, 4.69) is 5.32 Å². The molecule has 0 aliphatic carbocycles. The van der Waals surface area contributed by atoms with E-state index in [9.17, 15) is 29.1 Å². The van der Waals surface area contributed by atoms with E-state index in [1.807, 2.05) is 36.4 Å². The summed E-state index contributed by atoms with van der Waals surface area (Å²) in [6.45, 7) is 8.53. The number of hydrogen-bond acceptors (Lipinski definition) is 7. The van der Waals surface area contributed by atoms with Crippen LogP contribution < -0.4 is 5.32 Å². The number of carbonyl (C=O) groups excluding carboxylic acids is 4. The van der Waals surface area contributed by atoms with E-state index in [0.29, 0.717) is 0 Å². The molecular formula is C32H43N3O8. The molecule has 2 rings (SSSR count). The van der Waals surface area contributed by atoms with E-state index in [1.165, 1.54) is 23.9 Å². The second kappa shape index (κ2) is 15.7. The van der Waals surface area contributed by atoms with Gasteiger partial charge in [-0.2, -0.15) is 0 Å². The van der Waals surface area contributed by atoms with E-state index < -0.39 is 65.9 Å². The van der Waals surface area contributed by atoms with E-state index in [0.717, 1.165) is 11.1 Å². The van der Waals surface area contributed by atoms with Crippen LogP contribution in [0.5, 0.6) is 0 Å². The Morgan fingerprint density at radius 3 is 1.88 bits per heavy atom. The van der Waals surface area contributed by atoms with Crippen LogP contribution in [0.1, 0.15) is 52.2 Å². The van der Waals surface area contributed by atoms with Gasteiger partial charge in [0, 0.05) is 20.5 Å². The molecule has 0 aromatic heterocycles. The number of esters is 1. The van der Waals surface area contributed by atoms with Crippen molar-refractivity contribution in [3.63, 3.8) is 0 Å². The number of rotatable bonds is 13. The van der Waals surface area contributed by atoms with Gasteiger partial charge in [0.05, 0.1) is 6.42 Å². The lowest BCUT2D eigenvalue weighted by Crippen LogP contribution is -2.58. The van der Waals surface area contributed by atoms with Crippen LogP contribution >= 0.6 is 0 Å². The summed E-state index contributed by atoms with van der Waals surface area (Å²) in [5.41, 5.74) is 0.717. The molecule has 0 fully saturated rings. The topological polar surface area (TPSA) is 143 Å². The Balaban J connectivity index is 2.23. The van der Waals surface area contributed by atoms with Gasteiger partial charge in [-0.05, 0) is 37.8 Å². The SMILES string of the molecule is CC(C)[C@@H](C(=O)N[C@@H](CC(=O)OCc1ccccc1)C(=O)O)N(C)C(=O)[C@H](Cc1ccccc1)N(C)C(=O)OC(C)(C)C. The first-order valence-corrected chi connectivity index (χ1v) is 14.1. The zero-order valence-electron chi connectivity index (χ0n) is 25.9. The Labute approximate surface area is 253 Å². The Bertz CT molecular complexity index is 1240. The lowest BCUT2D eigenvalue weighted by molar-refractivity contribution is -0.152. The Kier molecular flexibility index (Phi) is 12.7. The number of carboxylic acid groups (broad SMARTS) is 1. The zero-order chi connectivity index (χ0) is 32.3. The van der Waals surface area contributed by atoms with Gasteiger partial charge in [0.2, 0.25) is 11.8 Å². The standard InChI is InChI=1S/C32H43N3O8/c1-21(2)27(28(37)33-24(30(39)40)19-26(36)42-20-23-16-12-9-13-17-23)35(7)29(38)25(18-22-14-10-8-11-15-22)34(6)31(41)43-32(3,4)5/h8-17,21,24-25,27H,18-20H2,1-7H3,(H,33,37)(H,39,40)/t24-,25-,27-/m0/s1. The first-order chi connectivity index (χ1) is 20.1. The molecule has 43 heavy (non-hydrogen) atoms. The third-order valence-corrected chi connectivity index (χ3v) is 6.60. The van der Waals surface area contributed by atoms with Crippen LogP contribution in [-0.4, -0.2) is 82.6 Å². The van der Waals surface area contributed by atoms with Gasteiger partial charge in [0.25, 0.3) is 0 Å². The molecule has 3 amide bonds. The fourth-order valence-electron chi connectivity index (χ4n) is 4.41. The van der Waals surface area contributed by atoms with Crippen molar-refractivity contribution >= 4 is 29.8 Å². The molecule has 0 heterocycles. The number of benzene rings is 2. The second-order valence-electron chi connectivity index (χ2n) is 11.7. The van der Waals surface area contributed by atoms with E-state index >= 15 is 0 Å². The van der Waals surface area contributed by atoms with Crippen molar-refractivity contribution in [1.82, 2.24) is 15.1 Å². The highest BCUT2D eigenvalue weighted by atomic mass is 16.6. The highest BCUT2D eigenvalue weighted by Gasteiger charge is 2.38. The number of ether oxygens (including phenoxy) is 2.